The van der Waals surface area contributed by atoms with Crippen LogP contribution >= 0.6 is 31.9 Å². The summed E-state index contributed by atoms with van der Waals surface area (Å²) >= 11 is 6.78. The molecule has 0 saturated carbocycles. The SMILES string of the molecule is O=c1[nH]c(-c2ncc(Br)cc2Br)nc2c1CCC2. The van der Waals surface area contributed by atoms with E-state index in [4.69, 9.17) is 0 Å². The summed E-state index contributed by atoms with van der Waals surface area (Å²) in [6.07, 6.45) is 4.39. The monoisotopic (exact) mass is 369 g/mol. The van der Waals surface area contributed by atoms with Crippen LogP contribution in [0.5, 0.6) is 0 Å². The van der Waals surface area contributed by atoms with Gasteiger partial charge in [-0.2, -0.15) is 0 Å². The standard InChI is InChI=1S/C12H9Br2N3O/c13-6-4-8(14)10(15-5-6)11-16-9-3-1-2-7(9)12(18)17-11/h4-5H,1-3H2,(H,16,17,18). The Labute approximate surface area is 120 Å². The third-order valence-corrected chi connectivity index (χ3v) is 4.01. The molecule has 18 heavy (non-hydrogen) atoms. The van der Waals surface area contributed by atoms with Crippen molar-refractivity contribution < 1.29 is 0 Å². The van der Waals surface area contributed by atoms with Gasteiger partial charge < -0.3 is 4.98 Å². The van der Waals surface area contributed by atoms with E-state index >= 15 is 0 Å². The maximum Gasteiger partial charge on any atom is 0.254 e. The lowest BCUT2D eigenvalue weighted by Gasteiger charge is -2.05. The molecule has 0 radical (unpaired) electrons. The fourth-order valence-electron chi connectivity index (χ4n) is 2.14. The van der Waals surface area contributed by atoms with Crippen molar-refractivity contribution in [1.29, 1.82) is 0 Å². The van der Waals surface area contributed by atoms with E-state index in [1.807, 2.05) is 6.07 Å². The van der Waals surface area contributed by atoms with Crippen molar-refractivity contribution in [2.24, 2.45) is 0 Å². The highest BCUT2D eigenvalue weighted by atomic mass is 79.9. The topological polar surface area (TPSA) is 58.6 Å². The highest BCUT2D eigenvalue weighted by molar-refractivity contribution is 9.11. The van der Waals surface area contributed by atoms with Gasteiger partial charge in [-0.3, -0.25) is 9.78 Å². The molecule has 0 aliphatic heterocycles. The number of fused-ring (bicyclic) bond motifs is 1. The van der Waals surface area contributed by atoms with Crippen molar-refractivity contribution in [3.63, 3.8) is 0 Å². The van der Waals surface area contributed by atoms with E-state index in [2.05, 4.69) is 46.8 Å². The lowest BCUT2D eigenvalue weighted by molar-refractivity contribution is 0.898. The summed E-state index contributed by atoms with van der Waals surface area (Å²) in [5.74, 6) is 0.528. The number of aryl methyl sites for hydroxylation is 1. The highest BCUT2D eigenvalue weighted by Gasteiger charge is 2.18. The largest absolute Gasteiger partial charge is 0.305 e. The average Bonchev–Trinajstić information content (AvgIpc) is 2.77. The average molecular weight is 371 g/mol. The molecule has 92 valence electrons. The Balaban J connectivity index is 2.18. The van der Waals surface area contributed by atoms with Crippen molar-refractivity contribution in [3.05, 3.63) is 42.8 Å². The van der Waals surface area contributed by atoms with Crippen molar-refractivity contribution in [2.45, 2.75) is 19.3 Å². The van der Waals surface area contributed by atoms with E-state index in [1.165, 1.54) is 0 Å². The molecule has 2 heterocycles. The van der Waals surface area contributed by atoms with E-state index in [9.17, 15) is 4.79 Å². The molecule has 1 aliphatic rings. The summed E-state index contributed by atoms with van der Waals surface area (Å²) in [6.45, 7) is 0. The van der Waals surface area contributed by atoms with E-state index in [0.29, 0.717) is 11.5 Å². The van der Waals surface area contributed by atoms with Crippen molar-refractivity contribution in [2.75, 3.05) is 0 Å². The van der Waals surface area contributed by atoms with Crippen LogP contribution in [0, 0.1) is 0 Å². The van der Waals surface area contributed by atoms with Crippen LogP contribution in [0.25, 0.3) is 11.5 Å². The fourth-order valence-corrected chi connectivity index (χ4v) is 3.32. The molecule has 0 atom stereocenters. The fraction of sp³-hybridized carbons (Fsp3) is 0.250. The summed E-state index contributed by atoms with van der Waals surface area (Å²) < 4.78 is 1.68. The van der Waals surface area contributed by atoms with E-state index < -0.39 is 0 Å². The number of H-pyrrole nitrogens is 1. The first-order chi connectivity index (χ1) is 8.65. The van der Waals surface area contributed by atoms with E-state index in [0.717, 1.165) is 39.5 Å². The molecule has 2 aromatic rings. The Hall–Kier alpha value is -1.01. The van der Waals surface area contributed by atoms with Crippen LogP contribution in [-0.2, 0) is 12.8 Å². The first-order valence-electron chi connectivity index (χ1n) is 5.58. The minimum absolute atomic E-state index is 0.0379. The maximum atomic E-state index is 11.9. The number of hydrogen-bond acceptors (Lipinski definition) is 3. The predicted octanol–water partition coefficient (Wildman–Crippen LogP) is 2.85. The highest BCUT2D eigenvalue weighted by Crippen LogP contribution is 2.27. The Morgan fingerprint density at radius 2 is 2.11 bits per heavy atom. The number of halogens is 2. The summed E-state index contributed by atoms with van der Waals surface area (Å²) in [4.78, 5) is 23.5. The Morgan fingerprint density at radius 1 is 1.28 bits per heavy atom. The van der Waals surface area contributed by atoms with Crippen LogP contribution in [0.15, 0.2) is 26.0 Å². The van der Waals surface area contributed by atoms with Gasteiger partial charge in [0.25, 0.3) is 5.56 Å². The van der Waals surface area contributed by atoms with E-state index in [1.54, 1.807) is 6.20 Å². The van der Waals surface area contributed by atoms with Crippen LogP contribution in [-0.4, -0.2) is 15.0 Å². The zero-order valence-electron chi connectivity index (χ0n) is 9.33. The first kappa shape index (κ1) is 12.0. The molecule has 6 heteroatoms. The molecule has 0 spiro atoms. The molecule has 0 unspecified atom stereocenters. The molecule has 0 aromatic carbocycles. The predicted molar refractivity (Wildman–Crippen MR) is 75.5 cm³/mol. The Morgan fingerprint density at radius 3 is 2.89 bits per heavy atom. The molecule has 0 amide bonds. The molecule has 0 bridgehead atoms. The number of rotatable bonds is 1. The van der Waals surface area contributed by atoms with Gasteiger partial charge in [-0.1, -0.05) is 0 Å². The molecule has 0 fully saturated rings. The number of nitrogens with zero attached hydrogens (tertiary/aromatic N) is 2. The molecular weight excluding hydrogens is 362 g/mol. The summed E-state index contributed by atoms with van der Waals surface area (Å²) in [6, 6.07) is 1.88. The lowest BCUT2D eigenvalue weighted by atomic mass is 10.2. The number of aromatic amines is 1. The van der Waals surface area contributed by atoms with Gasteiger partial charge in [-0.15, -0.1) is 0 Å². The Bertz CT molecular complexity index is 682. The quantitative estimate of drug-likeness (QED) is 0.839. The second kappa shape index (κ2) is 4.59. The lowest BCUT2D eigenvalue weighted by Crippen LogP contribution is -2.15. The molecule has 4 nitrogen and oxygen atoms in total. The number of nitrogens with one attached hydrogen (secondary N) is 1. The van der Waals surface area contributed by atoms with Crippen LogP contribution in [0.4, 0.5) is 0 Å². The maximum absolute atomic E-state index is 11.9. The molecule has 1 aliphatic carbocycles. The van der Waals surface area contributed by atoms with E-state index in [-0.39, 0.29) is 5.56 Å². The minimum Gasteiger partial charge on any atom is -0.305 e. The van der Waals surface area contributed by atoms with Gasteiger partial charge in [0.1, 0.15) is 5.69 Å². The summed E-state index contributed by atoms with van der Waals surface area (Å²) in [7, 11) is 0. The summed E-state index contributed by atoms with van der Waals surface area (Å²) in [5, 5.41) is 0. The third-order valence-electron chi connectivity index (χ3n) is 2.97. The molecule has 2 aromatic heterocycles. The van der Waals surface area contributed by atoms with Gasteiger partial charge >= 0.3 is 0 Å². The van der Waals surface area contributed by atoms with Gasteiger partial charge in [-0.05, 0) is 57.2 Å². The number of hydrogen-bond donors (Lipinski definition) is 1. The van der Waals surface area contributed by atoms with Gasteiger partial charge in [0.05, 0.1) is 5.69 Å². The summed E-state index contributed by atoms with van der Waals surface area (Å²) in [5.41, 5.74) is 2.35. The number of pyridine rings is 1. The van der Waals surface area contributed by atoms with Gasteiger partial charge in [0.15, 0.2) is 5.82 Å². The minimum atomic E-state index is -0.0379. The normalized spacial score (nSPS) is 13.7. The van der Waals surface area contributed by atoms with Crippen molar-refractivity contribution in [3.8, 4) is 11.5 Å². The Kier molecular flexibility index (Phi) is 3.07. The van der Waals surface area contributed by atoms with Gasteiger partial charge in [-0.25, -0.2) is 4.98 Å². The first-order valence-corrected chi connectivity index (χ1v) is 7.17. The van der Waals surface area contributed by atoms with Crippen LogP contribution in [0.2, 0.25) is 0 Å². The zero-order valence-corrected chi connectivity index (χ0v) is 12.5. The van der Waals surface area contributed by atoms with Crippen LogP contribution in [0.1, 0.15) is 17.7 Å². The van der Waals surface area contributed by atoms with Crippen LogP contribution < -0.4 is 5.56 Å². The van der Waals surface area contributed by atoms with Gasteiger partial charge in [0, 0.05) is 20.7 Å². The molecular formula is C12H9Br2N3O. The van der Waals surface area contributed by atoms with Crippen molar-refractivity contribution >= 4 is 31.9 Å². The third kappa shape index (κ3) is 2.03. The van der Waals surface area contributed by atoms with Gasteiger partial charge in [0.2, 0.25) is 0 Å². The smallest absolute Gasteiger partial charge is 0.254 e. The number of aromatic nitrogens is 3. The second-order valence-electron chi connectivity index (χ2n) is 4.18. The van der Waals surface area contributed by atoms with Crippen LogP contribution in [0.3, 0.4) is 0 Å². The zero-order chi connectivity index (χ0) is 12.7. The van der Waals surface area contributed by atoms with Crippen molar-refractivity contribution in [1.82, 2.24) is 15.0 Å². The molecule has 1 N–H and O–H groups in total. The second-order valence-corrected chi connectivity index (χ2v) is 5.95. The molecule has 3 rings (SSSR count). The molecule has 0 saturated heterocycles.